The van der Waals surface area contributed by atoms with Crippen molar-refractivity contribution >= 4 is 28.1 Å². The van der Waals surface area contributed by atoms with Gasteiger partial charge in [-0.05, 0) is 85.2 Å². The van der Waals surface area contributed by atoms with Crippen molar-refractivity contribution in [3.63, 3.8) is 0 Å². The van der Waals surface area contributed by atoms with Gasteiger partial charge in [0.15, 0.2) is 5.82 Å². The lowest BCUT2D eigenvalue weighted by Gasteiger charge is -2.35. The van der Waals surface area contributed by atoms with Gasteiger partial charge in [-0.3, -0.25) is 4.90 Å². The fraction of sp³-hybridized carbons (Fsp3) is 0.487. The van der Waals surface area contributed by atoms with Crippen LogP contribution in [-0.4, -0.2) is 70.9 Å². The van der Waals surface area contributed by atoms with Gasteiger partial charge in [-0.15, -0.1) is 17.8 Å². The van der Waals surface area contributed by atoms with Crippen molar-refractivity contribution in [3.05, 3.63) is 79.5 Å². The Morgan fingerprint density at radius 1 is 1.08 bits per heavy atom. The highest BCUT2D eigenvalue weighted by Gasteiger charge is 2.46. The van der Waals surface area contributed by atoms with Gasteiger partial charge in [-0.25, -0.2) is 8.78 Å². The maximum absolute atomic E-state index is 17.3. The van der Waals surface area contributed by atoms with Crippen LogP contribution in [0.1, 0.15) is 76.3 Å². The number of benzene rings is 2. The Morgan fingerprint density at radius 2 is 1.87 bits per heavy atom. The number of fused-ring (bicyclic) bond motifs is 5. The molecule has 0 radical (unpaired) electrons. The highest BCUT2D eigenvalue weighted by molar-refractivity contribution is 7.10. The number of piperazine rings is 1. The zero-order chi connectivity index (χ0) is 35.9. The molecule has 272 valence electrons. The van der Waals surface area contributed by atoms with Crippen LogP contribution in [0.2, 0.25) is 0 Å². The van der Waals surface area contributed by atoms with E-state index in [4.69, 9.17) is 16.1 Å². The van der Waals surface area contributed by atoms with Crippen molar-refractivity contribution < 1.29 is 31.8 Å². The molecule has 5 aliphatic rings. The third kappa shape index (κ3) is 6.01. The summed E-state index contributed by atoms with van der Waals surface area (Å²) in [5.74, 6) is -0.893. The minimum Gasteiger partial charge on any atom is -0.463 e. The molecule has 7 nitrogen and oxygen atoms in total. The molecular formula is C39H38F5N5O2S. The van der Waals surface area contributed by atoms with E-state index in [-0.39, 0.29) is 64.2 Å². The molecule has 13 heteroatoms. The van der Waals surface area contributed by atoms with Gasteiger partial charge >= 0.3 is 12.2 Å². The largest absolute Gasteiger partial charge is 0.463 e. The number of nitrogens with one attached hydrogen (secondary N) is 1. The van der Waals surface area contributed by atoms with E-state index in [0.717, 1.165) is 63.9 Å². The molecule has 5 heterocycles. The Hall–Kier alpha value is -3.83. The van der Waals surface area contributed by atoms with Gasteiger partial charge in [0.05, 0.1) is 23.8 Å². The lowest BCUT2D eigenvalue weighted by Crippen LogP contribution is -2.51. The summed E-state index contributed by atoms with van der Waals surface area (Å²) >= 11 is 1.79. The number of alkyl halides is 3. The minimum atomic E-state index is -5.00. The van der Waals surface area contributed by atoms with Gasteiger partial charge in [-0.1, -0.05) is 12.0 Å². The number of thiophene rings is 1. The van der Waals surface area contributed by atoms with E-state index in [1.807, 2.05) is 4.90 Å². The summed E-state index contributed by atoms with van der Waals surface area (Å²) in [4.78, 5) is 15.0. The molecule has 3 unspecified atom stereocenters. The number of aliphatic hydroxyl groups excluding tert-OH is 1. The highest BCUT2D eigenvalue weighted by atomic mass is 32.1. The summed E-state index contributed by atoms with van der Waals surface area (Å²) in [6.45, 7) is 3.93. The molecule has 2 aromatic heterocycles. The average molecular weight is 736 g/mol. The molecule has 52 heavy (non-hydrogen) atoms. The number of nitrogens with zero attached hydrogens (tertiary/aromatic N) is 4. The summed E-state index contributed by atoms with van der Waals surface area (Å²) in [6.07, 6.45) is 4.12. The smallest absolute Gasteiger partial charge is 0.416 e. The van der Waals surface area contributed by atoms with Gasteiger partial charge in [0, 0.05) is 72.0 Å². The van der Waals surface area contributed by atoms with Gasteiger partial charge in [0.2, 0.25) is 0 Å². The summed E-state index contributed by atoms with van der Waals surface area (Å²) in [5.41, 5.74) is -0.772. The standard InChI is InChI=1S/C39H38F5N5O2S/c1-2-26-30(40)6-3-21-13-25(50)14-27(32(21)26)33-29(39(42,43)44)15-28-35(34(33)41)46-37(47-36(28)49-17-23-4-5-24(18-49)45-23)51-20-38(9-10-38)19-48-11-7-31-22(16-48)8-12-52-31/h1,3,6,8,12,15,23-25,27,45,50H,4-5,7,9-11,13-14,16-20H2/t23?,24?,25-,27?/m1/s1. The molecule has 0 spiro atoms. The Balaban J connectivity index is 1.14. The topological polar surface area (TPSA) is 73.8 Å². The van der Waals surface area contributed by atoms with Gasteiger partial charge in [-0.2, -0.15) is 23.1 Å². The van der Waals surface area contributed by atoms with Crippen molar-refractivity contribution in [1.82, 2.24) is 20.2 Å². The molecule has 9 rings (SSSR count). The second-order valence-corrected chi connectivity index (χ2v) is 16.3. The first-order chi connectivity index (χ1) is 25.0. The second kappa shape index (κ2) is 12.6. The van der Waals surface area contributed by atoms with Crippen molar-refractivity contribution in [2.75, 3.05) is 37.7 Å². The summed E-state index contributed by atoms with van der Waals surface area (Å²) < 4.78 is 84.0. The third-order valence-electron chi connectivity index (χ3n) is 11.7. The number of rotatable bonds is 7. The lowest BCUT2D eigenvalue weighted by atomic mass is 9.74. The molecule has 3 aliphatic heterocycles. The predicted octanol–water partition coefficient (Wildman–Crippen LogP) is 6.57. The first kappa shape index (κ1) is 34.0. The summed E-state index contributed by atoms with van der Waals surface area (Å²) in [6, 6.07) is 5.78. The molecular weight excluding hydrogens is 698 g/mol. The van der Waals surface area contributed by atoms with Crippen LogP contribution in [0, 0.1) is 29.4 Å². The maximum atomic E-state index is 17.3. The van der Waals surface area contributed by atoms with E-state index in [1.54, 1.807) is 11.3 Å². The first-order valence-electron chi connectivity index (χ1n) is 18.0. The van der Waals surface area contributed by atoms with Crippen LogP contribution in [0.5, 0.6) is 6.01 Å². The number of ether oxygens (including phenoxy) is 1. The number of aromatic nitrogens is 2. The predicted molar refractivity (Wildman–Crippen MR) is 188 cm³/mol. The van der Waals surface area contributed by atoms with Gasteiger partial charge in [0.25, 0.3) is 0 Å². The molecule has 4 atom stereocenters. The van der Waals surface area contributed by atoms with E-state index in [9.17, 15) is 5.11 Å². The van der Waals surface area contributed by atoms with Crippen LogP contribution in [0.25, 0.3) is 10.9 Å². The molecule has 2 N–H and O–H groups in total. The van der Waals surface area contributed by atoms with E-state index in [2.05, 4.69) is 32.6 Å². The fourth-order valence-corrected chi connectivity index (χ4v) is 9.95. The first-order valence-corrected chi connectivity index (χ1v) is 18.9. The molecule has 2 aromatic carbocycles. The Bertz CT molecular complexity index is 2100. The molecule has 1 saturated carbocycles. The number of aliphatic hydroxyl groups is 1. The van der Waals surface area contributed by atoms with E-state index >= 15 is 22.0 Å². The van der Waals surface area contributed by atoms with Gasteiger partial charge < -0.3 is 20.1 Å². The third-order valence-corrected chi connectivity index (χ3v) is 12.8. The molecule has 2 saturated heterocycles. The van der Waals surface area contributed by atoms with Gasteiger partial charge in [0.1, 0.15) is 17.2 Å². The van der Waals surface area contributed by atoms with E-state index in [0.29, 0.717) is 25.3 Å². The number of hydrogen-bond acceptors (Lipinski definition) is 8. The van der Waals surface area contributed by atoms with Crippen LogP contribution in [0.4, 0.5) is 27.8 Å². The number of terminal acetylenes is 1. The molecule has 2 aliphatic carbocycles. The average Bonchev–Trinajstić information content (AvgIpc) is 3.56. The van der Waals surface area contributed by atoms with Crippen molar-refractivity contribution in [3.8, 4) is 18.4 Å². The zero-order valence-corrected chi connectivity index (χ0v) is 29.2. The van der Waals surface area contributed by atoms with Crippen molar-refractivity contribution in [2.45, 2.75) is 81.8 Å². The van der Waals surface area contributed by atoms with Crippen LogP contribution < -0.4 is 15.0 Å². The fourth-order valence-electron chi connectivity index (χ4n) is 9.06. The molecule has 2 bridgehead atoms. The van der Waals surface area contributed by atoms with Crippen LogP contribution in [0.15, 0.2) is 29.6 Å². The highest BCUT2D eigenvalue weighted by Crippen LogP contribution is 2.49. The summed E-state index contributed by atoms with van der Waals surface area (Å²) in [5, 5.41) is 16.4. The zero-order valence-electron chi connectivity index (χ0n) is 28.4. The van der Waals surface area contributed by atoms with Crippen LogP contribution in [-0.2, 0) is 25.6 Å². The molecule has 3 fully saturated rings. The van der Waals surface area contributed by atoms with Crippen molar-refractivity contribution in [1.29, 1.82) is 0 Å². The number of anilines is 1. The SMILES string of the molecule is C#Cc1c(F)ccc2c1C(c1c(C(F)(F)F)cc3c(N4CC5CCC(C4)N5)nc(OCC4(CN5CCc6sccc6C5)CC4)nc3c1F)C[C@H](O)C2. The monoisotopic (exact) mass is 735 g/mol. The molecule has 4 aromatic rings. The lowest BCUT2D eigenvalue weighted by molar-refractivity contribution is -0.138. The maximum Gasteiger partial charge on any atom is 0.416 e. The molecule has 0 amide bonds. The van der Waals surface area contributed by atoms with E-state index < -0.39 is 41.0 Å². The Morgan fingerprint density at radius 3 is 2.60 bits per heavy atom. The number of hydrogen-bond donors (Lipinski definition) is 2. The summed E-state index contributed by atoms with van der Waals surface area (Å²) in [7, 11) is 0. The Kier molecular flexibility index (Phi) is 8.26. The Labute approximate surface area is 302 Å². The minimum absolute atomic E-state index is 0.0561. The van der Waals surface area contributed by atoms with E-state index in [1.165, 1.54) is 16.5 Å². The number of halogens is 5. The van der Waals surface area contributed by atoms with Crippen LogP contribution in [0.3, 0.4) is 0 Å². The second-order valence-electron chi connectivity index (χ2n) is 15.3. The van der Waals surface area contributed by atoms with Crippen molar-refractivity contribution in [2.24, 2.45) is 5.41 Å². The normalized spacial score (nSPS) is 25.1. The quantitative estimate of drug-likeness (QED) is 0.165. The van der Waals surface area contributed by atoms with Crippen LogP contribution >= 0.6 is 11.3 Å².